The second-order valence-corrected chi connectivity index (χ2v) is 9.58. The topological polar surface area (TPSA) is 62.0 Å². The van der Waals surface area contributed by atoms with Crippen LogP contribution in [0.1, 0.15) is 39.0 Å². The molecule has 7 nitrogen and oxygen atoms in total. The van der Waals surface area contributed by atoms with Gasteiger partial charge < -0.3 is 9.57 Å². The quantitative estimate of drug-likeness (QED) is 0.645. The van der Waals surface area contributed by atoms with Crippen LogP contribution in [0.25, 0.3) is 0 Å². The molecule has 0 spiro atoms. The summed E-state index contributed by atoms with van der Waals surface area (Å²) in [5.74, 6) is -0.853. The lowest BCUT2D eigenvalue weighted by atomic mass is 9.84. The molecule has 0 bridgehead atoms. The van der Waals surface area contributed by atoms with Gasteiger partial charge in [0, 0.05) is 19.5 Å². The Balaban J connectivity index is 1.35. The van der Waals surface area contributed by atoms with E-state index in [0.29, 0.717) is 37.5 Å². The van der Waals surface area contributed by atoms with E-state index in [1.54, 1.807) is 5.01 Å². The molecule has 0 saturated carbocycles. The molecule has 6 rings (SSSR count). The lowest BCUT2D eigenvalue weighted by Gasteiger charge is -2.35. The highest BCUT2D eigenvalue weighted by molar-refractivity contribution is 6.47. The first-order valence-corrected chi connectivity index (χ1v) is 11.3. The zero-order valence-corrected chi connectivity index (χ0v) is 18.0. The van der Waals surface area contributed by atoms with Gasteiger partial charge in [0.05, 0.1) is 17.2 Å². The summed E-state index contributed by atoms with van der Waals surface area (Å²) in [5.41, 5.74) is 1.88. The number of allylic oxidation sites excluding steroid dienone is 2. The molecule has 10 heteroatoms. The van der Waals surface area contributed by atoms with Gasteiger partial charge in [0.2, 0.25) is 0 Å². The van der Waals surface area contributed by atoms with E-state index in [4.69, 9.17) is 21.2 Å². The Labute approximate surface area is 184 Å². The molecule has 0 radical (unpaired) electrons. The number of halogens is 3. The van der Waals surface area contributed by atoms with Gasteiger partial charge in [-0.15, -0.1) is 5.10 Å². The number of nitrogens with zero attached hydrogens (tertiary/aromatic N) is 5. The highest BCUT2D eigenvalue weighted by atomic mass is 35.5. The van der Waals surface area contributed by atoms with Crippen molar-refractivity contribution in [2.75, 3.05) is 26.2 Å². The van der Waals surface area contributed by atoms with Crippen LogP contribution in [0.15, 0.2) is 37.4 Å². The first-order chi connectivity index (χ1) is 15.0. The maximum absolute atomic E-state index is 15.5. The molecule has 0 aromatic rings. The molecule has 2 saturated heterocycles. The molecule has 31 heavy (non-hydrogen) atoms. The number of ether oxygens (including phenoxy) is 1. The number of hydrazone groups is 1. The van der Waals surface area contributed by atoms with Crippen LogP contribution in [0.5, 0.6) is 0 Å². The molecular weight excluding hydrogens is 428 g/mol. The van der Waals surface area contributed by atoms with Gasteiger partial charge >= 0.3 is 6.02 Å². The van der Waals surface area contributed by atoms with E-state index in [0.717, 1.165) is 37.8 Å². The minimum atomic E-state index is -0.840. The summed E-state index contributed by atoms with van der Waals surface area (Å²) in [7, 11) is 0. The second-order valence-electron chi connectivity index (χ2n) is 9.20. The molecule has 1 unspecified atom stereocenters. The summed E-state index contributed by atoms with van der Waals surface area (Å²) in [6.07, 6.45) is 2.93. The molecule has 1 aliphatic carbocycles. The van der Waals surface area contributed by atoms with Gasteiger partial charge in [-0.05, 0) is 44.7 Å². The molecule has 166 valence electrons. The summed E-state index contributed by atoms with van der Waals surface area (Å²) in [5, 5.41) is 10.3. The average Bonchev–Trinajstić information content (AvgIpc) is 3.39. The van der Waals surface area contributed by atoms with Crippen molar-refractivity contribution in [2.24, 2.45) is 21.2 Å². The Bertz CT molecular complexity index is 992. The Morgan fingerprint density at radius 1 is 1.32 bits per heavy atom. The molecule has 6 aliphatic rings. The molecule has 2 fully saturated rings. The molecule has 0 N–H and O–H groups in total. The van der Waals surface area contributed by atoms with E-state index in [2.05, 4.69) is 20.1 Å². The average molecular weight is 452 g/mol. The molecule has 0 aromatic heterocycles. The maximum atomic E-state index is 15.5. The lowest BCUT2D eigenvalue weighted by Crippen LogP contribution is -2.43. The summed E-state index contributed by atoms with van der Waals surface area (Å²) in [4.78, 5) is 12.0. The van der Waals surface area contributed by atoms with Crippen LogP contribution in [0.4, 0.5) is 8.78 Å². The van der Waals surface area contributed by atoms with E-state index in [9.17, 15) is 4.39 Å². The summed E-state index contributed by atoms with van der Waals surface area (Å²) in [6.45, 7) is 4.16. The molecule has 4 atom stereocenters. The van der Waals surface area contributed by atoms with Crippen LogP contribution in [-0.4, -0.2) is 71.4 Å². The number of amidine groups is 1. The van der Waals surface area contributed by atoms with Gasteiger partial charge in [-0.3, -0.25) is 9.91 Å². The van der Waals surface area contributed by atoms with Gasteiger partial charge in [0.1, 0.15) is 35.3 Å². The predicted molar refractivity (Wildman–Crippen MR) is 112 cm³/mol. The third-order valence-corrected chi connectivity index (χ3v) is 7.69. The third kappa shape index (κ3) is 2.88. The molecule has 5 aliphatic heterocycles. The van der Waals surface area contributed by atoms with E-state index >= 15 is 4.39 Å². The number of hydrogen-bond donors (Lipinski definition) is 0. The number of oxime groups is 1. The Morgan fingerprint density at radius 2 is 2.19 bits per heavy atom. The van der Waals surface area contributed by atoms with Crippen molar-refractivity contribution >= 4 is 29.0 Å². The van der Waals surface area contributed by atoms with Crippen molar-refractivity contribution in [1.29, 1.82) is 0 Å². The number of aliphatic imine (C=N–C) groups is 1. The third-order valence-electron chi connectivity index (χ3n) is 7.33. The molecular formula is C21H24ClF2N5O2. The standard InChI is InChI=1S/C21H24ClF2N5O2/c1-11-14-13-4-2-7-29-19(13)18(16(24)15(22)17(14)27-31-11)25-20(26-29)30-10-21-5-3-6-28(21)9-12(23)8-21/h11-12,14H,2-10H2,1H3/t11?,12-,14+,21+/m1/s1. The van der Waals surface area contributed by atoms with E-state index in [-0.39, 0.29) is 34.3 Å². The minimum absolute atomic E-state index is 0.0691. The number of fused-ring (bicyclic) bond motifs is 3. The molecule has 0 amide bonds. The fraction of sp³-hybridized carbons (Fsp3) is 0.667. The minimum Gasteiger partial charge on any atom is -0.460 e. The van der Waals surface area contributed by atoms with Gasteiger partial charge in [-0.25, -0.2) is 8.78 Å². The lowest BCUT2D eigenvalue weighted by molar-refractivity contribution is 0.0810. The SMILES string of the molecule is CC1ON=C2C(Cl)=C(F)C3=NC(OC[C@@]45CCCN4C[C@H](F)C5)=NN4CCCC(=C34)[C@@H]21. The zero-order valence-electron chi connectivity index (χ0n) is 17.3. The normalized spacial score (nSPS) is 37.0. The van der Waals surface area contributed by atoms with Gasteiger partial charge in [0.15, 0.2) is 5.83 Å². The Hall–Kier alpha value is -2.00. The first kappa shape index (κ1) is 19.7. The number of rotatable bonds is 2. The van der Waals surface area contributed by atoms with Crippen LogP contribution in [0.2, 0.25) is 0 Å². The van der Waals surface area contributed by atoms with Crippen molar-refractivity contribution in [2.45, 2.75) is 56.8 Å². The van der Waals surface area contributed by atoms with Crippen molar-refractivity contribution < 1.29 is 18.4 Å². The first-order valence-electron chi connectivity index (χ1n) is 11.0. The second kappa shape index (κ2) is 7.00. The molecule has 5 heterocycles. The predicted octanol–water partition coefficient (Wildman–Crippen LogP) is 3.48. The van der Waals surface area contributed by atoms with Crippen LogP contribution >= 0.6 is 11.6 Å². The monoisotopic (exact) mass is 451 g/mol. The van der Waals surface area contributed by atoms with Crippen LogP contribution < -0.4 is 0 Å². The molecule has 0 aromatic carbocycles. The van der Waals surface area contributed by atoms with E-state index < -0.39 is 12.0 Å². The van der Waals surface area contributed by atoms with Crippen molar-refractivity contribution in [3.05, 3.63) is 22.1 Å². The zero-order chi connectivity index (χ0) is 21.3. The Kier molecular flexibility index (Phi) is 4.44. The van der Waals surface area contributed by atoms with Crippen LogP contribution in [0.3, 0.4) is 0 Å². The van der Waals surface area contributed by atoms with Gasteiger partial charge in [0.25, 0.3) is 0 Å². The van der Waals surface area contributed by atoms with Crippen molar-refractivity contribution in [1.82, 2.24) is 9.91 Å². The summed E-state index contributed by atoms with van der Waals surface area (Å²) < 4.78 is 35.5. The highest BCUT2D eigenvalue weighted by Crippen LogP contribution is 2.44. The van der Waals surface area contributed by atoms with Crippen molar-refractivity contribution in [3.63, 3.8) is 0 Å². The van der Waals surface area contributed by atoms with Crippen molar-refractivity contribution in [3.8, 4) is 0 Å². The van der Waals surface area contributed by atoms with E-state index in [1.807, 2.05) is 6.92 Å². The number of hydrogen-bond acceptors (Lipinski definition) is 7. The fourth-order valence-electron chi connectivity index (χ4n) is 5.95. The fourth-order valence-corrected chi connectivity index (χ4v) is 6.19. The highest BCUT2D eigenvalue weighted by Gasteiger charge is 2.50. The summed E-state index contributed by atoms with van der Waals surface area (Å²) >= 11 is 6.40. The van der Waals surface area contributed by atoms with Crippen LogP contribution in [0, 0.1) is 5.92 Å². The van der Waals surface area contributed by atoms with Crippen LogP contribution in [-0.2, 0) is 9.57 Å². The van der Waals surface area contributed by atoms with E-state index in [1.165, 1.54) is 0 Å². The smallest absolute Gasteiger partial charge is 0.334 e. The maximum Gasteiger partial charge on any atom is 0.334 e. The number of alkyl halides is 1. The van der Waals surface area contributed by atoms with Gasteiger partial charge in [-0.1, -0.05) is 16.8 Å². The summed E-state index contributed by atoms with van der Waals surface area (Å²) in [6, 6.07) is 0.0986. The Morgan fingerprint density at radius 3 is 3.06 bits per heavy atom. The van der Waals surface area contributed by atoms with Gasteiger partial charge in [-0.2, -0.15) is 4.99 Å². The largest absolute Gasteiger partial charge is 0.460 e.